The van der Waals surface area contributed by atoms with Crippen LogP contribution in [0.5, 0.6) is 0 Å². The second-order valence-corrected chi connectivity index (χ2v) is 11.1. The minimum absolute atomic E-state index is 0.0649. The molecule has 1 aromatic rings. The molecule has 4 aliphatic carbocycles. The van der Waals surface area contributed by atoms with Crippen molar-refractivity contribution in [3.8, 4) is 0 Å². The molecule has 5 heteroatoms. The summed E-state index contributed by atoms with van der Waals surface area (Å²) in [4.78, 5) is 26.7. The summed E-state index contributed by atoms with van der Waals surface area (Å²) in [5.41, 5.74) is 2.74. The van der Waals surface area contributed by atoms with E-state index < -0.39 is 0 Å². The van der Waals surface area contributed by atoms with Gasteiger partial charge in [-0.05, 0) is 67.3 Å². The van der Waals surface area contributed by atoms with Crippen LogP contribution in [0.1, 0.15) is 68.9 Å². The van der Waals surface area contributed by atoms with Gasteiger partial charge < -0.3 is 15.5 Å². The molecule has 31 heavy (non-hydrogen) atoms. The largest absolute Gasteiger partial charge is 0.350 e. The highest BCUT2D eigenvalue weighted by atomic mass is 16.2. The molecule has 4 saturated carbocycles. The lowest BCUT2D eigenvalue weighted by Crippen LogP contribution is -3.08. The van der Waals surface area contributed by atoms with Crippen molar-refractivity contribution in [3.63, 3.8) is 0 Å². The zero-order valence-corrected chi connectivity index (χ0v) is 18.8. The van der Waals surface area contributed by atoms with E-state index in [1.807, 2.05) is 6.07 Å². The lowest BCUT2D eigenvalue weighted by molar-refractivity contribution is -0.901. The van der Waals surface area contributed by atoms with E-state index in [4.69, 9.17) is 0 Å². The third-order valence-corrected chi connectivity index (χ3v) is 8.49. The van der Waals surface area contributed by atoms with Crippen molar-refractivity contribution < 1.29 is 14.5 Å². The van der Waals surface area contributed by atoms with E-state index in [1.54, 1.807) is 4.90 Å². The quantitative estimate of drug-likeness (QED) is 0.599. The molecule has 0 radical (unpaired) electrons. The summed E-state index contributed by atoms with van der Waals surface area (Å²) >= 11 is 0. The first-order chi connectivity index (χ1) is 15.1. The standard InChI is InChI=1S/C26H37N3O2/c30-24(15-26-12-19-9-20(13-26)11-21(10-19)14-26)28-17-25(31)27-16-22-5-1-2-6-23(22)18-29-7-3-4-8-29/h1-2,5-6,19-21H,3-4,7-18H2,(H,27,31)(H,28,30)/p+1. The molecule has 4 bridgehead atoms. The first-order valence-electron chi connectivity index (χ1n) is 12.5. The Morgan fingerprint density at radius 3 is 2.13 bits per heavy atom. The summed E-state index contributed by atoms with van der Waals surface area (Å²) in [5.74, 6) is 2.52. The Balaban J connectivity index is 1.07. The van der Waals surface area contributed by atoms with E-state index in [9.17, 15) is 9.59 Å². The van der Waals surface area contributed by atoms with Crippen molar-refractivity contribution in [3.05, 3.63) is 35.4 Å². The number of hydrogen-bond acceptors (Lipinski definition) is 2. The van der Waals surface area contributed by atoms with E-state index in [-0.39, 0.29) is 23.8 Å². The highest BCUT2D eigenvalue weighted by Gasteiger charge is 2.51. The normalized spacial score (nSPS) is 31.7. The molecule has 1 aromatic carbocycles. The molecule has 0 spiro atoms. The van der Waals surface area contributed by atoms with Crippen LogP contribution < -0.4 is 15.5 Å². The van der Waals surface area contributed by atoms with Crippen LogP contribution in [0.4, 0.5) is 0 Å². The lowest BCUT2D eigenvalue weighted by Gasteiger charge is -2.56. The van der Waals surface area contributed by atoms with Gasteiger partial charge in [0.2, 0.25) is 11.8 Å². The molecule has 1 heterocycles. The average Bonchev–Trinajstić information content (AvgIpc) is 3.23. The first kappa shape index (κ1) is 21.0. The summed E-state index contributed by atoms with van der Waals surface area (Å²) in [6.45, 7) is 4.15. The van der Waals surface area contributed by atoms with Crippen molar-refractivity contribution in [2.45, 2.75) is 70.9 Å². The Bertz CT molecular complexity index is 779. The predicted octanol–water partition coefficient (Wildman–Crippen LogP) is 2.20. The Morgan fingerprint density at radius 2 is 1.48 bits per heavy atom. The fourth-order valence-corrected chi connectivity index (χ4v) is 7.57. The number of likely N-dealkylation sites (tertiary alicyclic amines) is 1. The summed E-state index contributed by atoms with van der Waals surface area (Å²) in [6, 6.07) is 8.41. The van der Waals surface area contributed by atoms with Crippen molar-refractivity contribution in [2.75, 3.05) is 19.6 Å². The smallest absolute Gasteiger partial charge is 0.239 e. The van der Waals surface area contributed by atoms with Crippen LogP contribution in [0.25, 0.3) is 0 Å². The van der Waals surface area contributed by atoms with E-state index in [2.05, 4.69) is 28.8 Å². The summed E-state index contributed by atoms with van der Waals surface area (Å²) in [7, 11) is 0. The van der Waals surface area contributed by atoms with Crippen LogP contribution >= 0.6 is 0 Å². The molecule has 5 fully saturated rings. The number of quaternary nitrogens is 1. The number of benzene rings is 1. The van der Waals surface area contributed by atoms with Gasteiger partial charge in [0.15, 0.2) is 0 Å². The number of rotatable bonds is 8. The second-order valence-electron chi connectivity index (χ2n) is 11.1. The van der Waals surface area contributed by atoms with Crippen molar-refractivity contribution in [2.24, 2.45) is 23.2 Å². The molecular weight excluding hydrogens is 386 g/mol. The van der Waals surface area contributed by atoms with E-state index in [0.717, 1.165) is 24.3 Å². The maximum Gasteiger partial charge on any atom is 0.239 e. The third kappa shape index (κ3) is 4.97. The SMILES string of the molecule is O=C(CNC(=O)CC12CC3CC(CC(C3)C1)C2)NCc1ccccc1C[NH+]1CCCC1. The maximum atomic E-state index is 12.7. The van der Waals surface area contributed by atoms with Crippen LogP contribution in [0.2, 0.25) is 0 Å². The van der Waals surface area contributed by atoms with Crippen LogP contribution in [0, 0.1) is 23.2 Å². The predicted molar refractivity (Wildman–Crippen MR) is 120 cm³/mol. The van der Waals surface area contributed by atoms with Gasteiger partial charge in [-0.3, -0.25) is 9.59 Å². The average molecular weight is 425 g/mol. The molecule has 0 atom stereocenters. The molecule has 5 aliphatic rings. The Morgan fingerprint density at radius 1 is 0.871 bits per heavy atom. The molecular formula is C26H38N3O2+. The summed E-state index contributed by atoms with van der Waals surface area (Å²) in [6.07, 6.45) is 11.1. The molecule has 1 aliphatic heterocycles. The number of nitrogens with one attached hydrogen (secondary N) is 3. The van der Waals surface area contributed by atoms with E-state index in [1.165, 1.54) is 75.6 Å². The maximum absolute atomic E-state index is 12.7. The minimum atomic E-state index is -0.0952. The van der Waals surface area contributed by atoms with Gasteiger partial charge in [-0.25, -0.2) is 0 Å². The number of hydrogen-bond donors (Lipinski definition) is 3. The molecule has 168 valence electrons. The zero-order valence-electron chi connectivity index (χ0n) is 18.8. The van der Waals surface area contributed by atoms with Gasteiger partial charge in [-0.15, -0.1) is 0 Å². The van der Waals surface area contributed by atoms with Crippen LogP contribution in [0.15, 0.2) is 24.3 Å². The van der Waals surface area contributed by atoms with Crippen molar-refractivity contribution >= 4 is 11.8 Å². The van der Waals surface area contributed by atoms with Gasteiger partial charge in [0.25, 0.3) is 0 Å². The minimum Gasteiger partial charge on any atom is -0.350 e. The fourth-order valence-electron chi connectivity index (χ4n) is 7.57. The second kappa shape index (κ2) is 8.93. The Labute approximate surface area is 186 Å². The highest BCUT2D eigenvalue weighted by Crippen LogP contribution is 2.61. The lowest BCUT2D eigenvalue weighted by atomic mass is 9.49. The van der Waals surface area contributed by atoms with Gasteiger partial charge >= 0.3 is 0 Å². The number of carbonyl (C=O) groups is 2. The number of carbonyl (C=O) groups excluding carboxylic acids is 2. The third-order valence-electron chi connectivity index (χ3n) is 8.49. The van der Waals surface area contributed by atoms with Crippen LogP contribution in [-0.2, 0) is 22.7 Å². The molecule has 6 rings (SSSR count). The highest BCUT2D eigenvalue weighted by molar-refractivity contribution is 5.85. The van der Waals surface area contributed by atoms with Crippen molar-refractivity contribution in [1.82, 2.24) is 10.6 Å². The van der Waals surface area contributed by atoms with Gasteiger partial charge in [0, 0.05) is 31.4 Å². The molecule has 0 aromatic heterocycles. The monoisotopic (exact) mass is 424 g/mol. The van der Waals surface area contributed by atoms with Crippen molar-refractivity contribution in [1.29, 1.82) is 0 Å². The zero-order chi connectivity index (χ0) is 21.3. The topological polar surface area (TPSA) is 62.6 Å². The first-order valence-corrected chi connectivity index (χ1v) is 12.5. The molecule has 3 N–H and O–H groups in total. The summed E-state index contributed by atoms with van der Waals surface area (Å²) < 4.78 is 0. The molecule has 0 unspecified atom stereocenters. The summed E-state index contributed by atoms with van der Waals surface area (Å²) in [5, 5.41) is 5.93. The molecule has 2 amide bonds. The molecule has 5 nitrogen and oxygen atoms in total. The van der Waals surface area contributed by atoms with E-state index in [0.29, 0.717) is 13.0 Å². The molecule has 1 saturated heterocycles. The van der Waals surface area contributed by atoms with Crippen LogP contribution in [0.3, 0.4) is 0 Å². The number of amides is 2. The van der Waals surface area contributed by atoms with E-state index >= 15 is 0 Å². The van der Waals surface area contributed by atoms with Gasteiger partial charge in [0.05, 0.1) is 19.6 Å². The van der Waals surface area contributed by atoms with Gasteiger partial charge in [-0.2, -0.15) is 0 Å². The van der Waals surface area contributed by atoms with Gasteiger partial charge in [0.1, 0.15) is 6.54 Å². The Kier molecular flexibility index (Phi) is 6.05. The van der Waals surface area contributed by atoms with Gasteiger partial charge in [-0.1, -0.05) is 24.3 Å². The Hall–Kier alpha value is -1.88. The van der Waals surface area contributed by atoms with Crippen LogP contribution in [-0.4, -0.2) is 31.4 Å². The fraction of sp³-hybridized carbons (Fsp3) is 0.692.